The Balaban J connectivity index is 2.27. The fourth-order valence-electron chi connectivity index (χ4n) is 1.21. The van der Waals surface area contributed by atoms with Gasteiger partial charge in [0, 0.05) is 18.6 Å². The molecule has 0 bridgehead atoms. The minimum atomic E-state index is 0.792. The van der Waals surface area contributed by atoms with E-state index in [-0.39, 0.29) is 0 Å². The zero-order valence-electron chi connectivity index (χ0n) is 6.89. The van der Waals surface area contributed by atoms with Gasteiger partial charge >= 0.3 is 0 Å². The summed E-state index contributed by atoms with van der Waals surface area (Å²) in [7, 11) is 0. The van der Waals surface area contributed by atoms with Gasteiger partial charge in [0.05, 0.1) is 0 Å². The van der Waals surface area contributed by atoms with Crippen LogP contribution in [0.5, 0.6) is 0 Å². The Morgan fingerprint density at radius 1 is 1.33 bits per heavy atom. The molecule has 9 heavy (non-hydrogen) atoms. The van der Waals surface area contributed by atoms with E-state index in [2.05, 4.69) is 32.6 Å². The van der Waals surface area contributed by atoms with Gasteiger partial charge in [-0.2, -0.15) is 0 Å². The molecule has 0 spiro atoms. The van der Waals surface area contributed by atoms with Crippen LogP contribution >= 0.6 is 0 Å². The maximum atomic E-state index is 2.53. The summed E-state index contributed by atoms with van der Waals surface area (Å²) >= 11 is 0. The molecule has 1 heterocycles. The van der Waals surface area contributed by atoms with Gasteiger partial charge in [0.25, 0.3) is 0 Å². The molecule has 1 rings (SSSR count). The van der Waals surface area contributed by atoms with Crippen LogP contribution < -0.4 is 0 Å². The largest absolute Gasteiger partial charge is 0.295 e. The molecule has 0 saturated carbocycles. The first-order chi connectivity index (χ1) is 4.13. The molecule has 0 aromatic carbocycles. The summed E-state index contributed by atoms with van der Waals surface area (Å²) in [6.45, 7) is 10.5. The Labute approximate surface area is 58.0 Å². The van der Waals surface area contributed by atoms with Crippen molar-refractivity contribution >= 4 is 0 Å². The predicted octanol–water partition coefficient (Wildman–Crippen LogP) is 1.74. The maximum absolute atomic E-state index is 2.53. The Morgan fingerprint density at radius 2 is 1.78 bits per heavy atom. The van der Waals surface area contributed by atoms with Gasteiger partial charge < -0.3 is 0 Å². The Hall–Kier alpha value is -0.0400. The van der Waals surface area contributed by atoms with Crippen molar-refractivity contribution in [1.29, 1.82) is 0 Å². The number of rotatable bonds is 2. The molecule has 3 unspecified atom stereocenters. The van der Waals surface area contributed by atoms with E-state index in [1.165, 1.54) is 6.54 Å². The van der Waals surface area contributed by atoms with Crippen LogP contribution in [0, 0.1) is 5.92 Å². The molecule has 1 saturated heterocycles. The van der Waals surface area contributed by atoms with Crippen LogP contribution in [0.3, 0.4) is 0 Å². The lowest BCUT2D eigenvalue weighted by molar-refractivity contribution is 0.317. The van der Waals surface area contributed by atoms with Crippen LogP contribution in [-0.2, 0) is 0 Å². The van der Waals surface area contributed by atoms with Crippen LogP contribution in [0.25, 0.3) is 0 Å². The molecule has 1 heteroatoms. The van der Waals surface area contributed by atoms with Gasteiger partial charge in [-0.25, -0.2) is 0 Å². The predicted molar refractivity (Wildman–Crippen MR) is 40.5 cm³/mol. The summed E-state index contributed by atoms with van der Waals surface area (Å²) in [6.07, 6.45) is 0. The number of nitrogens with zero attached hydrogens (tertiary/aromatic N) is 1. The highest BCUT2D eigenvalue weighted by Crippen LogP contribution is 2.24. The molecule has 0 aliphatic carbocycles. The van der Waals surface area contributed by atoms with Crippen molar-refractivity contribution in [3.05, 3.63) is 0 Å². The zero-order chi connectivity index (χ0) is 7.02. The van der Waals surface area contributed by atoms with E-state index >= 15 is 0 Å². The van der Waals surface area contributed by atoms with E-state index in [0.29, 0.717) is 0 Å². The fourth-order valence-corrected chi connectivity index (χ4v) is 1.21. The average molecular weight is 127 g/mol. The molecule has 1 aliphatic heterocycles. The molecule has 1 aliphatic rings. The second-order valence-corrected chi connectivity index (χ2v) is 3.53. The van der Waals surface area contributed by atoms with Crippen LogP contribution in [0.1, 0.15) is 27.7 Å². The molecule has 3 atom stereocenters. The Kier molecular flexibility index (Phi) is 1.80. The van der Waals surface area contributed by atoms with Crippen molar-refractivity contribution in [3.8, 4) is 0 Å². The SMILES string of the molecule is CC(C)C(C)N1CC1C. The molecule has 1 fully saturated rings. The molecule has 54 valence electrons. The summed E-state index contributed by atoms with van der Waals surface area (Å²) in [5.41, 5.74) is 0. The topological polar surface area (TPSA) is 3.01 Å². The van der Waals surface area contributed by atoms with E-state index in [9.17, 15) is 0 Å². The Bertz CT molecular complexity index is 98.7. The van der Waals surface area contributed by atoms with Gasteiger partial charge in [-0.15, -0.1) is 0 Å². The smallest absolute Gasteiger partial charge is 0.0198 e. The van der Waals surface area contributed by atoms with E-state index in [0.717, 1.165) is 18.0 Å². The zero-order valence-corrected chi connectivity index (χ0v) is 6.89. The summed E-state index contributed by atoms with van der Waals surface area (Å²) in [5.74, 6) is 0.815. The van der Waals surface area contributed by atoms with Crippen LogP contribution in [-0.4, -0.2) is 23.5 Å². The van der Waals surface area contributed by atoms with E-state index in [4.69, 9.17) is 0 Å². The number of hydrogen-bond donors (Lipinski definition) is 0. The highest BCUT2D eigenvalue weighted by molar-refractivity contribution is 4.89. The summed E-state index contributed by atoms with van der Waals surface area (Å²) in [5, 5.41) is 0. The van der Waals surface area contributed by atoms with E-state index in [1.807, 2.05) is 0 Å². The lowest BCUT2D eigenvalue weighted by Crippen LogP contribution is -2.21. The Morgan fingerprint density at radius 3 is 1.89 bits per heavy atom. The molecular formula is C8H17N. The van der Waals surface area contributed by atoms with E-state index < -0.39 is 0 Å². The van der Waals surface area contributed by atoms with Gasteiger partial charge in [-0.05, 0) is 19.8 Å². The molecule has 0 radical (unpaired) electrons. The lowest BCUT2D eigenvalue weighted by Gasteiger charge is -2.16. The highest BCUT2D eigenvalue weighted by Gasteiger charge is 2.34. The molecule has 0 aromatic heterocycles. The van der Waals surface area contributed by atoms with Crippen molar-refractivity contribution in [2.24, 2.45) is 5.92 Å². The first-order valence-electron chi connectivity index (χ1n) is 3.88. The fraction of sp³-hybridized carbons (Fsp3) is 1.00. The molecular weight excluding hydrogens is 110 g/mol. The first kappa shape index (κ1) is 7.07. The second kappa shape index (κ2) is 2.30. The molecule has 1 nitrogen and oxygen atoms in total. The van der Waals surface area contributed by atoms with Gasteiger partial charge in [0.2, 0.25) is 0 Å². The molecule has 0 aromatic rings. The quantitative estimate of drug-likeness (QED) is 0.510. The van der Waals surface area contributed by atoms with Crippen molar-refractivity contribution in [2.75, 3.05) is 6.54 Å². The van der Waals surface area contributed by atoms with Crippen molar-refractivity contribution in [2.45, 2.75) is 39.8 Å². The second-order valence-electron chi connectivity index (χ2n) is 3.53. The summed E-state index contributed by atoms with van der Waals surface area (Å²) < 4.78 is 0. The highest BCUT2D eigenvalue weighted by atomic mass is 15.3. The summed E-state index contributed by atoms with van der Waals surface area (Å²) in [4.78, 5) is 2.53. The maximum Gasteiger partial charge on any atom is 0.0198 e. The average Bonchev–Trinajstić information content (AvgIpc) is 2.44. The van der Waals surface area contributed by atoms with Gasteiger partial charge in [-0.3, -0.25) is 4.90 Å². The standard InChI is InChI=1S/C8H17N/c1-6(2)8(4)9-5-7(9)3/h6-8H,5H2,1-4H3. The van der Waals surface area contributed by atoms with Gasteiger partial charge in [-0.1, -0.05) is 13.8 Å². The first-order valence-corrected chi connectivity index (χ1v) is 3.88. The summed E-state index contributed by atoms with van der Waals surface area (Å²) in [6, 6.07) is 1.65. The van der Waals surface area contributed by atoms with Crippen LogP contribution in [0.15, 0.2) is 0 Å². The van der Waals surface area contributed by atoms with Gasteiger partial charge in [0.15, 0.2) is 0 Å². The minimum Gasteiger partial charge on any atom is -0.295 e. The molecule has 0 amide bonds. The van der Waals surface area contributed by atoms with Gasteiger partial charge in [0.1, 0.15) is 0 Å². The van der Waals surface area contributed by atoms with Crippen molar-refractivity contribution < 1.29 is 0 Å². The van der Waals surface area contributed by atoms with E-state index in [1.54, 1.807) is 0 Å². The number of hydrogen-bond acceptors (Lipinski definition) is 1. The monoisotopic (exact) mass is 127 g/mol. The minimum absolute atomic E-state index is 0.792. The third-order valence-electron chi connectivity index (χ3n) is 2.40. The normalized spacial score (nSPS) is 37.0. The lowest BCUT2D eigenvalue weighted by atomic mass is 10.1. The van der Waals surface area contributed by atoms with Crippen molar-refractivity contribution in [3.63, 3.8) is 0 Å². The van der Waals surface area contributed by atoms with Crippen LogP contribution in [0.2, 0.25) is 0 Å². The van der Waals surface area contributed by atoms with Crippen LogP contribution in [0.4, 0.5) is 0 Å². The third kappa shape index (κ3) is 1.45. The van der Waals surface area contributed by atoms with Crippen molar-refractivity contribution in [1.82, 2.24) is 4.90 Å². The molecule has 0 N–H and O–H groups in total. The third-order valence-corrected chi connectivity index (χ3v) is 2.40.